The molecule has 3 heterocycles. The van der Waals surface area contributed by atoms with E-state index in [2.05, 4.69) is 23.5 Å². The second-order valence-electron chi connectivity index (χ2n) is 7.94. The third kappa shape index (κ3) is 3.51. The molecule has 0 radical (unpaired) electrons. The van der Waals surface area contributed by atoms with Gasteiger partial charge in [0.15, 0.2) is 5.65 Å². The van der Waals surface area contributed by atoms with Crippen molar-refractivity contribution in [1.82, 2.24) is 19.3 Å². The summed E-state index contributed by atoms with van der Waals surface area (Å²) in [6, 6.07) is 19.8. The normalized spacial score (nSPS) is 11.5. The Morgan fingerprint density at radius 2 is 1.81 bits per heavy atom. The highest BCUT2D eigenvalue weighted by atomic mass is 19.1. The summed E-state index contributed by atoms with van der Waals surface area (Å²) >= 11 is 0. The molecular formula is C25H21FN4O2. The summed E-state index contributed by atoms with van der Waals surface area (Å²) in [7, 11) is 0. The van der Waals surface area contributed by atoms with Crippen LogP contribution in [0.1, 0.15) is 31.0 Å². The van der Waals surface area contributed by atoms with E-state index in [1.54, 1.807) is 18.3 Å². The molecule has 0 unspecified atom stereocenters. The molecule has 7 heteroatoms. The molecule has 160 valence electrons. The number of hydrogen-bond donors (Lipinski definition) is 0. The van der Waals surface area contributed by atoms with Gasteiger partial charge in [0, 0.05) is 16.8 Å². The molecule has 2 aromatic carbocycles. The molecule has 32 heavy (non-hydrogen) atoms. The lowest BCUT2D eigenvalue weighted by atomic mass is 10.1. The van der Waals surface area contributed by atoms with Gasteiger partial charge in [-0.05, 0) is 47.9 Å². The van der Waals surface area contributed by atoms with E-state index in [-0.39, 0.29) is 18.3 Å². The molecule has 0 fully saturated rings. The first kappa shape index (κ1) is 19.9. The predicted molar refractivity (Wildman–Crippen MR) is 120 cm³/mol. The summed E-state index contributed by atoms with van der Waals surface area (Å²) in [5, 5.41) is 4.92. The SMILES string of the molecule is CC(C)c1cc2nc3c(cnn3C(=O)OCc3ccccc3)cc2n1-c1ccc(F)cc1. The quantitative estimate of drug-likeness (QED) is 0.362. The van der Waals surface area contributed by atoms with E-state index in [1.807, 2.05) is 42.5 Å². The molecule has 0 aliphatic carbocycles. The average molecular weight is 428 g/mol. The minimum atomic E-state index is -0.585. The molecule has 0 atom stereocenters. The molecule has 0 bridgehead atoms. The first-order chi connectivity index (χ1) is 15.5. The van der Waals surface area contributed by atoms with Gasteiger partial charge in [-0.3, -0.25) is 0 Å². The molecule has 0 spiro atoms. The minimum Gasteiger partial charge on any atom is -0.443 e. The Bertz CT molecular complexity index is 1420. The van der Waals surface area contributed by atoms with Gasteiger partial charge in [0.2, 0.25) is 0 Å². The van der Waals surface area contributed by atoms with Crippen molar-refractivity contribution in [2.75, 3.05) is 0 Å². The van der Waals surface area contributed by atoms with Crippen molar-refractivity contribution in [3.05, 3.63) is 90.0 Å². The molecular weight excluding hydrogens is 407 g/mol. The van der Waals surface area contributed by atoms with Crippen LogP contribution in [0.2, 0.25) is 0 Å². The van der Waals surface area contributed by atoms with Crippen LogP contribution in [0, 0.1) is 5.82 Å². The highest BCUT2D eigenvalue weighted by Crippen LogP contribution is 2.30. The van der Waals surface area contributed by atoms with Crippen molar-refractivity contribution < 1.29 is 13.9 Å². The number of halogens is 1. The summed E-state index contributed by atoms with van der Waals surface area (Å²) < 4.78 is 22.2. The summed E-state index contributed by atoms with van der Waals surface area (Å²) in [5.41, 5.74) is 4.81. The number of hydrogen-bond acceptors (Lipinski definition) is 4. The zero-order chi connectivity index (χ0) is 22.2. The smallest absolute Gasteiger partial charge is 0.437 e. The summed E-state index contributed by atoms with van der Waals surface area (Å²) in [6.07, 6.45) is 1.01. The topological polar surface area (TPSA) is 61.9 Å². The zero-order valence-corrected chi connectivity index (χ0v) is 17.7. The molecule has 0 saturated heterocycles. The third-order valence-electron chi connectivity index (χ3n) is 5.39. The number of benzene rings is 2. The van der Waals surface area contributed by atoms with Crippen molar-refractivity contribution in [2.24, 2.45) is 0 Å². The average Bonchev–Trinajstić information content (AvgIpc) is 3.38. The number of carbonyl (C=O) groups is 1. The van der Waals surface area contributed by atoms with Gasteiger partial charge in [-0.25, -0.2) is 14.2 Å². The highest BCUT2D eigenvalue weighted by molar-refractivity contribution is 5.94. The zero-order valence-electron chi connectivity index (χ0n) is 17.7. The monoisotopic (exact) mass is 428 g/mol. The molecule has 3 aromatic heterocycles. The van der Waals surface area contributed by atoms with E-state index < -0.39 is 6.09 Å². The van der Waals surface area contributed by atoms with Crippen LogP contribution in [0.4, 0.5) is 9.18 Å². The van der Waals surface area contributed by atoms with Crippen LogP contribution in [0.3, 0.4) is 0 Å². The molecule has 6 nitrogen and oxygen atoms in total. The maximum Gasteiger partial charge on any atom is 0.437 e. The van der Waals surface area contributed by atoms with Crippen LogP contribution >= 0.6 is 0 Å². The van der Waals surface area contributed by atoms with Crippen LogP contribution in [0.25, 0.3) is 27.8 Å². The van der Waals surface area contributed by atoms with Crippen LogP contribution in [-0.4, -0.2) is 25.4 Å². The molecule has 5 aromatic rings. The van der Waals surface area contributed by atoms with Crippen molar-refractivity contribution >= 4 is 28.2 Å². The van der Waals surface area contributed by atoms with Gasteiger partial charge in [0.05, 0.1) is 17.2 Å². The van der Waals surface area contributed by atoms with E-state index in [0.717, 1.165) is 28.0 Å². The first-order valence-corrected chi connectivity index (χ1v) is 10.4. The fourth-order valence-electron chi connectivity index (χ4n) is 3.81. The fraction of sp³-hybridized carbons (Fsp3) is 0.160. The molecule has 0 saturated carbocycles. The second-order valence-corrected chi connectivity index (χ2v) is 7.94. The number of ether oxygens (including phenoxy) is 1. The Hall–Kier alpha value is -4.00. The van der Waals surface area contributed by atoms with Gasteiger partial charge in [0.25, 0.3) is 0 Å². The van der Waals surface area contributed by atoms with Gasteiger partial charge >= 0.3 is 6.09 Å². The van der Waals surface area contributed by atoms with Crippen LogP contribution in [0.5, 0.6) is 0 Å². The number of rotatable bonds is 4. The lowest BCUT2D eigenvalue weighted by Crippen LogP contribution is -2.15. The summed E-state index contributed by atoms with van der Waals surface area (Å²) in [6.45, 7) is 4.34. The second kappa shape index (κ2) is 7.92. The van der Waals surface area contributed by atoms with Crippen molar-refractivity contribution in [3.63, 3.8) is 0 Å². The Kier molecular flexibility index (Phi) is 4.93. The molecule has 0 amide bonds. The van der Waals surface area contributed by atoms with Gasteiger partial charge < -0.3 is 9.30 Å². The molecule has 0 N–H and O–H groups in total. The van der Waals surface area contributed by atoms with E-state index in [4.69, 9.17) is 9.72 Å². The molecule has 5 rings (SSSR count). The Morgan fingerprint density at radius 1 is 1.06 bits per heavy atom. The maximum absolute atomic E-state index is 13.5. The van der Waals surface area contributed by atoms with Gasteiger partial charge in [-0.1, -0.05) is 44.2 Å². The van der Waals surface area contributed by atoms with Crippen molar-refractivity contribution in [2.45, 2.75) is 26.4 Å². The van der Waals surface area contributed by atoms with Gasteiger partial charge in [-0.15, -0.1) is 4.68 Å². The minimum absolute atomic E-state index is 0.154. The summed E-state index contributed by atoms with van der Waals surface area (Å²) in [4.78, 5) is 17.4. The lowest BCUT2D eigenvalue weighted by Gasteiger charge is -2.13. The number of fused-ring (bicyclic) bond motifs is 2. The first-order valence-electron chi connectivity index (χ1n) is 10.4. The van der Waals surface area contributed by atoms with Gasteiger partial charge in [0.1, 0.15) is 12.4 Å². The van der Waals surface area contributed by atoms with E-state index >= 15 is 0 Å². The Morgan fingerprint density at radius 3 is 2.53 bits per heavy atom. The van der Waals surface area contributed by atoms with E-state index in [1.165, 1.54) is 16.8 Å². The molecule has 0 aliphatic heterocycles. The number of pyridine rings is 1. The third-order valence-corrected chi connectivity index (χ3v) is 5.39. The Balaban J connectivity index is 1.56. The predicted octanol–water partition coefficient (Wildman–Crippen LogP) is 5.82. The Labute approximate surface area is 183 Å². The van der Waals surface area contributed by atoms with E-state index in [9.17, 15) is 9.18 Å². The van der Waals surface area contributed by atoms with Crippen LogP contribution < -0.4 is 0 Å². The summed E-state index contributed by atoms with van der Waals surface area (Å²) in [5.74, 6) is -0.0724. The van der Waals surface area contributed by atoms with Crippen molar-refractivity contribution in [3.8, 4) is 5.69 Å². The van der Waals surface area contributed by atoms with Gasteiger partial charge in [-0.2, -0.15) is 5.10 Å². The largest absolute Gasteiger partial charge is 0.443 e. The number of aromatic nitrogens is 4. The lowest BCUT2D eigenvalue weighted by molar-refractivity contribution is 0.139. The number of carbonyl (C=O) groups excluding carboxylic acids is 1. The molecule has 0 aliphatic rings. The van der Waals surface area contributed by atoms with E-state index in [0.29, 0.717) is 11.0 Å². The highest BCUT2D eigenvalue weighted by Gasteiger charge is 2.19. The fourth-order valence-corrected chi connectivity index (χ4v) is 3.81. The maximum atomic E-state index is 13.5. The number of nitrogens with zero attached hydrogens (tertiary/aromatic N) is 4. The van der Waals surface area contributed by atoms with Crippen LogP contribution in [-0.2, 0) is 11.3 Å². The van der Waals surface area contributed by atoms with Crippen LogP contribution in [0.15, 0.2) is 72.9 Å². The standard InChI is InChI=1S/C25H21FN4O2/c1-16(2)22-13-21-23(29(22)20-10-8-19(26)9-11-20)12-18-14-27-30(24(18)28-21)25(31)32-15-17-6-4-3-5-7-17/h3-14,16H,15H2,1-2H3. The van der Waals surface area contributed by atoms with Crippen molar-refractivity contribution in [1.29, 1.82) is 0 Å².